The zero-order chi connectivity index (χ0) is 15.2. The fourth-order valence-electron chi connectivity index (χ4n) is 1.70. The summed E-state index contributed by atoms with van der Waals surface area (Å²) >= 11 is 18.0. The summed E-state index contributed by atoms with van der Waals surface area (Å²) in [7, 11) is 0. The third kappa shape index (κ3) is 4.78. The van der Waals surface area contributed by atoms with Crippen LogP contribution in [-0.4, -0.2) is 6.21 Å². The highest BCUT2D eigenvalue weighted by Gasteiger charge is 2.06. The Hall–Kier alpha value is -1.48. The number of hydrogen-bond acceptors (Lipinski definition) is 2. The number of anilines is 1. The molecule has 0 aliphatic rings. The molecule has 0 spiro atoms. The van der Waals surface area contributed by atoms with Gasteiger partial charge in [-0.15, -0.1) is 0 Å². The Balaban J connectivity index is 2.08. The van der Waals surface area contributed by atoms with Crippen molar-refractivity contribution in [3.63, 3.8) is 0 Å². The van der Waals surface area contributed by atoms with Gasteiger partial charge in [-0.2, -0.15) is 5.10 Å². The van der Waals surface area contributed by atoms with Crippen molar-refractivity contribution in [1.29, 1.82) is 0 Å². The van der Waals surface area contributed by atoms with Crippen molar-refractivity contribution >= 4 is 52.8 Å². The Morgan fingerprint density at radius 2 is 1.67 bits per heavy atom. The van der Waals surface area contributed by atoms with Gasteiger partial charge in [-0.05, 0) is 30.2 Å². The van der Waals surface area contributed by atoms with Gasteiger partial charge in [0.05, 0.1) is 21.9 Å². The first kappa shape index (κ1) is 15.9. The average molecular weight is 340 g/mol. The lowest BCUT2D eigenvalue weighted by Gasteiger charge is -2.06. The van der Waals surface area contributed by atoms with Crippen molar-refractivity contribution in [2.45, 2.75) is 6.92 Å². The Morgan fingerprint density at radius 3 is 2.29 bits per heavy atom. The third-order valence-electron chi connectivity index (χ3n) is 2.65. The van der Waals surface area contributed by atoms with Gasteiger partial charge in [0.15, 0.2) is 0 Å². The molecule has 5 heteroatoms. The van der Waals surface area contributed by atoms with Gasteiger partial charge in [-0.25, -0.2) is 0 Å². The van der Waals surface area contributed by atoms with Crippen LogP contribution in [0.2, 0.25) is 15.1 Å². The lowest BCUT2D eigenvalue weighted by atomic mass is 10.1. The summed E-state index contributed by atoms with van der Waals surface area (Å²) in [4.78, 5) is 0. The molecule has 0 heterocycles. The lowest BCUT2D eigenvalue weighted by molar-refractivity contribution is 1.35. The number of nitrogens with zero attached hydrogens (tertiary/aromatic N) is 1. The standard InChI is InChI=1S/C16H13Cl3N2/c1-11(7-12-5-3-2-4-6-12)10-20-21-16-14(18)8-13(17)9-15(16)19/h2-10,21H,1H3/b11-7+,20-10-. The van der Waals surface area contributed by atoms with Crippen molar-refractivity contribution in [2.75, 3.05) is 5.43 Å². The fourth-order valence-corrected chi connectivity index (χ4v) is 2.60. The number of rotatable bonds is 4. The molecule has 0 atom stereocenters. The first-order valence-corrected chi connectivity index (χ1v) is 7.36. The molecule has 0 radical (unpaired) electrons. The Labute approximate surface area is 139 Å². The van der Waals surface area contributed by atoms with Gasteiger partial charge in [-0.1, -0.05) is 71.2 Å². The molecule has 0 saturated carbocycles. The summed E-state index contributed by atoms with van der Waals surface area (Å²) in [5.74, 6) is 0. The maximum absolute atomic E-state index is 6.06. The lowest BCUT2D eigenvalue weighted by Crippen LogP contribution is -1.92. The van der Waals surface area contributed by atoms with E-state index in [9.17, 15) is 0 Å². The Bertz CT molecular complexity index is 656. The minimum atomic E-state index is 0.425. The number of benzene rings is 2. The second kappa shape index (κ2) is 7.51. The van der Waals surface area contributed by atoms with Crippen molar-refractivity contribution in [2.24, 2.45) is 5.10 Å². The van der Waals surface area contributed by atoms with Crippen LogP contribution in [0.25, 0.3) is 6.08 Å². The van der Waals surface area contributed by atoms with Crippen LogP contribution in [0.5, 0.6) is 0 Å². The van der Waals surface area contributed by atoms with Gasteiger partial charge in [0, 0.05) is 5.02 Å². The van der Waals surface area contributed by atoms with Crippen molar-refractivity contribution in [3.8, 4) is 0 Å². The second-order valence-corrected chi connectivity index (χ2v) is 5.66. The van der Waals surface area contributed by atoms with Crippen LogP contribution in [0.1, 0.15) is 12.5 Å². The van der Waals surface area contributed by atoms with Crippen LogP contribution in [0.4, 0.5) is 5.69 Å². The van der Waals surface area contributed by atoms with Crippen LogP contribution in [0.3, 0.4) is 0 Å². The van der Waals surface area contributed by atoms with Crippen molar-refractivity contribution in [1.82, 2.24) is 0 Å². The average Bonchev–Trinajstić information content (AvgIpc) is 2.42. The van der Waals surface area contributed by atoms with E-state index >= 15 is 0 Å². The van der Waals surface area contributed by atoms with Crippen molar-refractivity contribution < 1.29 is 0 Å². The van der Waals surface area contributed by atoms with Gasteiger partial charge in [0.25, 0.3) is 0 Å². The second-order valence-electron chi connectivity index (χ2n) is 4.41. The molecular formula is C16H13Cl3N2. The van der Waals surface area contributed by atoms with Crippen LogP contribution in [0, 0.1) is 0 Å². The largest absolute Gasteiger partial charge is 0.275 e. The predicted octanol–water partition coefficient (Wildman–Crippen LogP) is 6.15. The van der Waals surface area contributed by atoms with E-state index < -0.39 is 0 Å². The minimum absolute atomic E-state index is 0.425. The van der Waals surface area contributed by atoms with Gasteiger partial charge in [0.2, 0.25) is 0 Å². The monoisotopic (exact) mass is 338 g/mol. The third-order valence-corrected chi connectivity index (χ3v) is 3.46. The summed E-state index contributed by atoms with van der Waals surface area (Å²) in [5, 5.41) is 5.47. The predicted molar refractivity (Wildman–Crippen MR) is 93.7 cm³/mol. The molecule has 0 aromatic heterocycles. The molecule has 2 aromatic rings. The van der Waals surface area contributed by atoms with Crippen LogP contribution in [-0.2, 0) is 0 Å². The van der Waals surface area contributed by atoms with Gasteiger partial charge in [-0.3, -0.25) is 5.43 Å². The van der Waals surface area contributed by atoms with E-state index in [-0.39, 0.29) is 0 Å². The molecule has 1 N–H and O–H groups in total. The van der Waals surface area contributed by atoms with Gasteiger partial charge < -0.3 is 0 Å². The number of nitrogens with one attached hydrogen (secondary N) is 1. The first-order valence-electron chi connectivity index (χ1n) is 6.23. The molecule has 108 valence electrons. The highest BCUT2D eigenvalue weighted by molar-refractivity contribution is 6.41. The SMILES string of the molecule is CC(/C=N\Nc1c(Cl)cc(Cl)cc1Cl)=C\c1ccccc1. The Morgan fingerprint density at radius 1 is 1.05 bits per heavy atom. The van der Waals surface area contributed by atoms with E-state index in [0.29, 0.717) is 20.8 Å². The summed E-state index contributed by atoms with van der Waals surface area (Å²) in [6.07, 6.45) is 3.73. The summed E-state index contributed by atoms with van der Waals surface area (Å²) in [5.41, 5.74) is 5.48. The molecule has 0 unspecified atom stereocenters. The minimum Gasteiger partial charge on any atom is -0.275 e. The van der Waals surface area contributed by atoms with E-state index in [2.05, 4.69) is 10.5 Å². The van der Waals surface area contributed by atoms with Crippen LogP contribution >= 0.6 is 34.8 Å². The molecule has 2 nitrogen and oxygen atoms in total. The van der Waals surface area contributed by atoms with Crippen LogP contribution < -0.4 is 5.43 Å². The zero-order valence-corrected chi connectivity index (χ0v) is 13.5. The first-order chi connectivity index (χ1) is 10.1. The van der Waals surface area contributed by atoms with Gasteiger partial charge in [0.1, 0.15) is 0 Å². The number of allylic oxidation sites excluding steroid dienone is 1. The molecule has 0 aliphatic heterocycles. The molecule has 0 amide bonds. The number of hydrazone groups is 1. The topological polar surface area (TPSA) is 24.4 Å². The Kier molecular flexibility index (Phi) is 5.68. The maximum atomic E-state index is 6.06. The number of hydrogen-bond donors (Lipinski definition) is 1. The quantitative estimate of drug-likeness (QED) is 0.524. The van der Waals surface area contributed by atoms with E-state index in [1.807, 2.05) is 43.3 Å². The van der Waals surface area contributed by atoms with Crippen molar-refractivity contribution in [3.05, 3.63) is 68.7 Å². The summed E-state index contributed by atoms with van der Waals surface area (Å²) in [6.45, 7) is 1.96. The molecule has 0 bridgehead atoms. The highest BCUT2D eigenvalue weighted by Crippen LogP contribution is 2.33. The van der Waals surface area contributed by atoms with E-state index in [1.165, 1.54) is 0 Å². The van der Waals surface area contributed by atoms with Crippen LogP contribution in [0.15, 0.2) is 53.1 Å². The molecule has 0 aliphatic carbocycles. The molecule has 0 fully saturated rings. The normalized spacial score (nSPS) is 11.9. The molecule has 2 rings (SSSR count). The number of halogens is 3. The molecular weight excluding hydrogens is 327 g/mol. The molecule has 0 saturated heterocycles. The smallest absolute Gasteiger partial charge is 0.0935 e. The van der Waals surface area contributed by atoms with E-state index in [0.717, 1.165) is 11.1 Å². The fraction of sp³-hybridized carbons (Fsp3) is 0.0625. The molecule has 21 heavy (non-hydrogen) atoms. The van der Waals surface area contributed by atoms with E-state index in [4.69, 9.17) is 34.8 Å². The van der Waals surface area contributed by atoms with E-state index in [1.54, 1.807) is 18.3 Å². The summed E-state index contributed by atoms with van der Waals surface area (Å²) < 4.78 is 0. The summed E-state index contributed by atoms with van der Waals surface area (Å²) in [6, 6.07) is 13.2. The van der Waals surface area contributed by atoms with Gasteiger partial charge >= 0.3 is 0 Å². The molecule has 2 aromatic carbocycles. The highest BCUT2D eigenvalue weighted by atomic mass is 35.5. The maximum Gasteiger partial charge on any atom is 0.0935 e. The zero-order valence-electron chi connectivity index (χ0n) is 11.3.